The zero-order chi connectivity index (χ0) is 19.5. The van der Waals surface area contributed by atoms with E-state index in [4.69, 9.17) is 0 Å². The molecular weight excluding hydrogens is 346 g/mol. The first-order valence-corrected chi connectivity index (χ1v) is 10.6. The van der Waals surface area contributed by atoms with E-state index in [9.17, 15) is 4.79 Å². The van der Waals surface area contributed by atoms with Crippen molar-refractivity contribution in [1.82, 2.24) is 0 Å². The van der Waals surface area contributed by atoms with Crippen LogP contribution in [0.1, 0.15) is 38.7 Å². The number of piperidine rings is 1. The monoisotopic (exact) mass is 377 g/mol. The SMILES string of the molecule is CC1CCN(c2ccc(NCCC(=O)N3c4ccccc4CC3C)cc2)CC1. The molecule has 0 radical (unpaired) electrons. The maximum Gasteiger partial charge on any atom is 0.229 e. The van der Waals surface area contributed by atoms with Crippen LogP contribution in [0.2, 0.25) is 0 Å². The highest BCUT2D eigenvalue weighted by Crippen LogP contribution is 2.32. The number of amides is 1. The van der Waals surface area contributed by atoms with Crippen molar-refractivity contribution in [2.75, 3.05) is 34.8 Å². The highest BCUT2D eigenvalue weighted by molar-refractivity contribution is 5.96. The van der Waals surface area contributed by atoms with E-state index < -0.39 is 0 Å². The number of anilines is 3. The normalized spacial score (nSPS) is 19.6. The fourth-order valence-electron chi connectivity index (χ4n) is 4.44. The van der Waals surface area contributed by atoms with Gasteiger partial charge in [-0.2, -0.15) is 0 Å². The lowest BCUT2D eigenvalue weighted by Gasteiger charge is -2.32. The molecule has 4 rings (SSSR count). The van der Waals surface area contributed by atoms with Gasteiger partial charge in [-0.1, -0.05) is 25.1 Å². The molecule has 2 aromatic carbocycles. The molecule has 0 saturated carbocycles. The van der Waals surface area contributed by atoms with Gasteiger partial charge in [0.1, 0.15) is 0 Å². The van der Waals surface area contributed by atoms with E-state index in [0.717, 1.165) is 36.8 Å². The number of rotatable bonds is 5. The van der Waals surface area contributed by atoms with Crippen molar-refractivity contribution in [3.63, 3.8) is 0 Å². The topological polar surface area (TPSA) is 35.6 Å². The van der Waals surface area contributed by atoms with Gasteiger partial charge < -0.3 is 15.1 Å². The predicted octanol–water partition coefficient (Wildman–Crippen LogP) is 4.70. The minimum atomic E-state index is 0.198. The summed E-state index contributed by atoms with van der Waals surface area (Å²) in [5, 5.41) is 3.41. The molecule has 2 heterocycles. The third-order valence-corrected chi connectivity index (χ3v) is 6.16. The molecule has 1 atom stereocenters. The maximum absolute atomic E-state index is 12.8. The van der Waals surface area contributed by atoms with Gasteiger partial charge in [-0.3, -0.25) is 4.79 Å². The number of nitrogens with zero attached hydrogens (tertiary/aromatic N) is 2. The van der Waals surface area contributed by atoms with Gasteiger partial charge in [-0.15, -0.1) is 0 Å². The molecule has 0 spiro atoms. The minimum absolute atomic E-state index is 0.198. The van der Waals surface area contributed by atoms with Crippen molar-refractivity contribution in [2.45, 2.75) is 45.6 Å². The molecule has 0 bridgehead atoms. The Balaban J connectivity index is 1.29. The van der Waals surface area contributed by atoms with E-state index in [1.807, 2.05) is 11.0 Å². The summed E-state index contributed by atoms with van der Waals surface area (Å²) < 4.78 is 0. The van der Waals surface area contributed by atoms with Gasteiger partial charge in [0.2, 0.25) is 5.91 Å². The van der Waals surface area contributed by atoms with Crippen molar-refractivity contribution in [2.24, 2.45) is 5.92 Å². The summed E-state index contributed by atoms with van der Waals surface area (Å²) in [6.45, 7) is 7.43. The molecule has 4 heteroatoms. The fourth-order valence-corrected chi connectivity index (χ4v) is 4.44. The van der Waals surface area contributed by atoms with Crippen LogP contribution in [0.5, 0.6) is 0 Å². The number of nitrogens with one attached hydrogen (secondary N) is 1. The third-order valence-electron chi connectivity index (χ3n) is 6.16. The minimum Gasteiger partial charge on any atom is -0.385 e. The first kappa shape index (κ1) is 18.9. The summed E-state index contributed by atoms with van der Waals surface area (Å²) >= 11 is 0. The Kier molecular flexibility index (Phi) is 5.56. The van der Waals surface area contributed by atoms with Crippen molar-refractivity contribution < 1.29 is 4.79 Å². The molecule has 2 aromatic rings. The molecule has 2 aliphatic heterocycles. The van der Waals surface area contributed by atoms with Gasteiger partial charge in [0, 0.05) is 49.2 Å². The lowest BCUT2D eigenvalue weighted by atomic mass is 9.99. The summed E-state index contributed by atoms with van der Waals surface area (Å²) in [4.78, 5) is 17.2. The van der Waals surface area contributed by atoms with E-state index in [2.05, 4.69) is 66.5 Å². The maximum atomic E-state index is 12.8. The molecular formula is C24H31N3O. The summed E-state index contributed by atoms with van der Waals surface area (Å²) in [7, 11) is 0. The summed E-state index contributed by atoms with van der Waals surface area (Å²) in [5.74, 6) is 1.05. The number of carbonyl (C=O) groups is 1. The van der Waals surface area contributed by atoms with Gasteiger partial charge in [0.05, 0.1) is 0 Å². The Labute approximate surface area is 168 Å². The Morgan fingerprint density at radius 2 is 1.75 bits per heavy atom. The molecule has 0 aliphatic carbocycles. The van der Waals surface area contributed by atoms with Crippen LogP contribution in [-0.4, -0.2) is 31.6 Å². The third kappa shape index (κ3) is 4.01. The lowest BCUT2D eigenvalue weighted by molar-refractivity contribution is -0.118. The molecule has 1 saturated heterocycles. The fraction of sp³-hybridized carbons (Fsp3) is 0.458. The molecule has 1 amide bonds. The average Bonchev–Trinajstić information content (AvgIpc) is 3.05. The number of para-hydroxylation sites is 1. The van der Waals surface area contributed by atoms with E-state index in [0.29, 0.717) is 13.0 Å². The van der Waals surface area contributed by atoms with Gasteiger partial charge in [-0.05, 0) is 68.0 Å². The lowest BCUT2D eigenvalue weighted by Crippen LogP contribution is -2.36. The van der Waals surface area contributed by atoms with Gasteiger partial charge in [0.25, 0.3) is 0 Å². The quantitative estimate of drug-likeness (QED) is 0.820. The van der Waals surface area contributed by atoms with Gasteiger partial charge in [-0.25, -0.2) is 0 Å². The molecule has 4 nitrogen and oxygen atoms in total. The Hall–Kier alpha value is -2.49. The van der Waals surface area contributed by atoms with Crippen molar-refractivity contribution in [3.05, 3.63) is 54.1 Å². The van der Waals surface area contributed by atoms with E-state index in [1.54, 1.807) is 0 Å². The molecule has 2 aliphatic rings. The molecule has 1 unspecified atom stereocenters. The Morgan fingerprint density at radius 1 is 1.04 bits per heavy atom. The number of fused-ring (bicyclic) bond motifs is 1. The van der Waals surface area contributed by atoms with Crippen LogP contribution in [0.25, 0.3) is 0 Å². The van der Waals surface area contributed by atoms with Crippen LogP contribution in [0.3, 0.4) is 0 Å². The van der Waals surface area contributed by atoms with Crippen molar-refractivity contribution in [1.29, 1.82) is 0 Å². The van der Waals surface area contributed by atoms with E-state index in [1.165, 1.54) is 24.1 Å². The first-order valence-electron chi connectivity index (χ1n) is 10.6. The second-order valence-corrected chi connectivity index (χ2v) is 8.34. The summed E-state index contributed by atoms with van der Waals surface area (Å²) in [5.41, 5.74) is 4.74. The second-order valence-electron chi connectivity index (χ2n) is 8.34. The predicted molar refractivity (Wildman–Crippen MR) is 117 cm³/mol. The number of carbonyl (C=O) groups excluding carboxylic acids is 1. The molecule has 1 fully saturated rings. The first-order chi connectivity index (χ1) is 13.6. The number of hydrogen-bond acceptors (Lipinski definition) is 3. The summed E-state index contributed by atoms with van der Waals surface area (Å²) in [6.07, 6.45) is 4.01. The van der Waals surface area contributed by atoms with Crippen molar-refractivity contribution in [3.8, 4) is 0 Å². The number of hydrogen-bond donors (Lipinski definition) is 1. The van der Waals surface area contributed by atoms with Gasteiger partial charge >= 0.3 is 0 Å². The standard InChI is InChI=1S/C24H31N3O/c1-18-12-15-26(16-13-18)22-9-7-21(8-10-22)25-14-11-24(28)27-19(2)17-20-5-3-4-6-23(20)27/h3-10,18-19,25H,11-17H2,1-2H3. The highest BCUT2D eigenvalue weighted by atomic mass is 16.2. The van der Waals surface area contributed by atoms with Crippen LogP contribution >= 0.6 is 0 Å². The van der Waals surface area contributed by atoms with Gasteiger partial charge in [0.15, 0.2) is 0 Å². The Morgan fingerprint density at radius 3 is 2.50 bits per heavy atom. The molecule has 0 aromatic heterocycles. The van der Waals surface area contributed by atoms with Crippen molar-refractivity contribution >= 4 is 23.0 Å². The summed E-state index contributed by atoms with van der Waals surface area (Å²) in [6, 6.07) is 17.1. The largest absolute Gasteiger partial charge is 0.385 e. The zero-order valence-corrected chi connectivity index (χ0v) is 17.0. The molecule has 148 valence electrons. The van der Waals surface area contributed by atoms with Crippen LogP contribution in [0, 0.1) is 5.92 Å². The second kappa shape index (κ2) is 8.26. The average molecular weight is 378 g/mol. The molecule has 1 N–H and O–H groups in total. The molecule has 28 heavy (non-hydrogen) atoms. The van der Waals surface area contributed by atoms with Crippen LogP contribution in [0.15, 0.2) is 48.5 Å². The zero-order valence-electron chi connectivity index (χ0n) is 17.0. The smallest absolute Gasteiger partial charge is 0.229 e. The van der Waals surface area contributed by atoms with Crippen LogP contribution < -0.4 is 15.1 Å². The highest BCUT2D eigenvalue weighted by Gasteiger charge is 2.29. The van der Waals surface area contributed by atoms with Crippen LogP contribution in [-0.2, 0) is 11.2 Å². The number of benzene rings is 2. The van der Waals surface area contributed by atoms with Crippen LogP contribution in [0.4, 0.5) is 17.1 Å². The Bertz CT molecular complexity index is 809. The van der Waals surface area contributed by atoms with E-state index >= 15 is 0 Å². The van der Waals surface area contributed by atoms with E-state index in [-0.39, 0.29) is 11.9 Å².